The number of hydrogen-bond donors (Lipinski definition) is 1. The van der Waals surface area contributed by atoms with E-state index >= 15 is 0 Å². The van der Waals surface area contributed by atoms with Gasteiger partial charge < -0.3 is 19.5 Å². The molecule has 2 rings (SSSR count). The Hall–Kier alpha value is -2.57. The van der Waals surface area contributed by atoms with Crippen LogP contribution in [-0.4, -0.2) is 44.0 Å². The topological polar surface area (TPSA) is 90.9 Å². The first-order valence-electron chi connectivity index (χ1n) is 10.9. The second-order valence-corrected chi connectivity index (χ2v) is 8.83. The van der Waals surface area contributed by atoms with Crippen LogP contribution in [0.4, 0.5) is 0 Å². The predicted molar refractivity (Wildman–Crippen MR) is 117 cm³/mol. The molecule has 0 aromatic heterocycles. The van der Waals surface area contributed by atoms with E-state index in [1.54, 1.807) is 18.2 Å². The molecule has 1 N–H and O–H groups in total. The van der Waals surface area contributed by atoms with Gasteiger partial charge in [-0.3, -0.25) is 9.59 Å². The molecule has 0 atom stereocenters. The second kappa shape index (κ2) is 11.2. The van der Waals surface area contributed by atoms with Crippen molar-refractivity contribution in [1.29, 1.82) is 0 Å². The fourth-order valence-electron chi connectivity index (χ4n) is 3.91. The SMILES string of the molecule is CCC(C)(C)C1CCC(NC(=O)COC(=O)COc2ccc(C(C)=O)cc2OC)CC1. The molecule has 1 aliphatic rings. The molecule has 7 nitrogen and oxygen atoms in total. The molecule has 1 fully saturated rings. The summed E-state index contributed by atoms with van der Waals surface area (Å²) in [6.45, 7) is 7.61. The minimum Gasteiger partial charge on any atom is -0.493 e. The van der Waals surface area contributed by atoms with Crippen LogP contribution < -0.4 is 14.8 Å². The number of benzene rings is 1. The zero-order valence-electron chi connectivity index (χ0n) is 19.3. The smallest absolute Gasteiger partial charge is 0.344 e. The summed E-state index contributed by atoms with van der Waals surface area (Å²) in [6.07, 6.45) is 5.26. The maximum atomic E-state index is 12.1. The Morgan fingerprint density at radius 1 is 1.06 bits per heavy atom. The van der Waals surface area contributed by atoms with Crippen LogP contribution in [0.15, 0.2) is 18.2 Å². The lowest BCUT2D eigenvalue weighted by atomic mass is 9.69. The largest absolute Gasteiger partial charge is 0.493 e. The fourth-order valence-corrected chi connectivity index (χ4v) is 3.91. The maximum absolute atomic E-state index is 12.1. The molecule has 0 radical (unpaired) electrons. The van der Waals surface area contributed by atoms with Crippen molar-refractivity contribution in [1.82, 2.24) is 5.32 Å². The molecule has 1 aromatic rings. The van der Waals surface area contributed by atoms with E-state index in [1.165, 1.54) is 14.0 Å². The first kappa shape index (κ1) is 24.7. The Kier molecular flexibility index (Phi) is 8.89. The Bertz CT molecular complexity index is 780. The number of rotatable bonds is 10. The van der Waals surface area contributed by atoms with Crippen molar-refractivity contribution in [3.8, 4) is 11.5 Å². The predicted octanol–water partition coefficient (Wildman–Crippen LogP) is 3.93. The minimum atomic E-state index is -0.652. The van der Waals surface area contributed by atoms with Gasteiger partial charge in [-0.1, -0.05) is 27.2 Å². The van der Waals surface area contributed by atoms with Crippen LogP contribution in [0.25, 0.3) is 0 Å². The highest BCUT2D eigenvalue weighted by Gasteiger charge is 2.32. The minimum absolute atomic E-state index is 0.0992. The van der Waals surface area contributed by atoms with Gasteiger partial charge in [0.15, 0.2) is 30.5 Å². The Morgan fingerprint density at radius 2 is 1.74 bits per heavy atom. The normalized spacial score (nSPS) is 18.7. The van der Waals surface area contributed by atoms with Crippen molar-refractivity contribution in [2.24, 2.45) is 11.3 Å². The lowest BCUT2D eigenvalue weighted by Gasteiger charge is -2.39. The summed E-state index contributed by atoms with van der Waals surface area (Å²) in [5, 5.41) is 2.96. The van der Waals surface area contributed by atoms with Gasteiger partial charge >= 0.3 is 5.97 Å². The first-order chi connectivity index (χ1) is 14.7. The van der Waals surface area contributed by atoms with E-state index < -0.39 is 5.97 Å². The van der Waals surface area contributed by atoms with Crippen molar-refractivity contribution in [2.45, 2.75) is 65.8 Å². The van der Waals surface area contributed by atoms with Crippen LogP contribution in [0.5, 0.6) is 11.5 Å². The third kappa shape index (κ3) is 7.26. The van der Waals surface area contributed by atoms with E-state index in [0.29, 0.717) is 28.4 Å². The summed E-state index contributed by atoms with van der Waals surface area (Å²) in [6, 6.07) is 4.84. The molecule has 31 heavy (non-hydrogen) atoms. The van der Waals surface area contributed by atoms with Gasteiger partial charge in [-0.2, -0.15) is 0 Å². The molecule has 1 aliphatic carbocycles. The highest BCUT2D eigenvalue weighted by atomic mass is 16.6. The van der Waals surface area contributed by atoms with Gasteiger partial charge in [0.2, 0.25) is 0 Å². The van der Waals surface area contributed by atoms with Crippen LogP contribution >= 0.6 is 0 Å². The van der Waals surface area contributed by atoms with Crippen molar-refractivity contribution in [2.75, 3.05) is 20.3 Å². The van der Waals surface area contributed by atoms with Crippen LogP contribution in [0, 0.1) is 11.3 Å². The van der Waals surface area contributed by atoms with Crippen LogP contribution in [0.2, 0.25) is 0 Å². The van der Waals surface area contributed by atoms with E-state index in [0.717, 1.165) is 32.1 Å². The molecular formula is C24H35NO6. The molecule has 172 valence electrons. The van der Waals surface area contributed by atoms with E-state index in [-0.39, 0.29) is 30.9 Å². The van der Waals surface area contributed by atoms with Crippen molar-refractivity contribution < 1.29 is 28.6 Å². The molecule has 0 spiro atoms. The van der Waals surface area contributed by atoms with E-state index in [1.807, 2.05) is 0 Å². The lowest BCUT2D eigenvalue weighted by Crippen LogP contribution is -2.41. The number of methoxy groups -OCH3 is 1. The molecule has 1 aromatic carbocycles. The summed E-state index contributed by atoms with van der Waals surface area (Å²) in [7, 11) is 1.45. The molecular weight excluding hydrogens is 398 g/mol. The van der Waals surface area contributed by atoms with Gasteiger partial charge in [-0.25, -0.2) is 4.79 Å². The van der Waals surface area contributed by atoms with Crippen LogP contribution in [0.1, 0.15) is 70.2 Å². The van der Waals surface area contributed by atoms with Gasteiger partial charge in [0.05, 0.1) is 7.11 Å². The van der Waals surface area contributed by atoms with Gasteiger partial charge in [-0.05, 0) is 62.1 Å². The van der Waals surface area contributed by atoms with Crippen molar-refractivity contribution in [3.05, 3.63) is 23.8 Å². The molecule has 0 aliphatic heterocycles. The standard InChI is InChI=1S/C24H35NO6/c1-6-24(3,4)18-8-10-19(11-9-18)25-22(27)14-31-23(28)15-30-20-12-7-17(16(2)26)13-21(20)29-5/h7,12-13,18-19H,6,8-11,14-15H2,1-5H3,(H,25,27). The monoisotopic (exact) mass is 433 g/mol. The lowest BCUT2D eigenvalue weighted by molar-refractivity contribution is -0.150. The molecule has 0 saturated heterocycles. The molecule has 0 bridgehead atoms. The summed E-state index contributed by atoms with van der Waals surface area (Å²) >= 11 is 0. The Morgan fingerprint density at radius 3 is 2.32 bits per heavy atom. The number of nitrogens with one attached hydrogen (secondary N) is 1. The molecule has 0 unspecified atom stereocenters. The van der Waals surface area contributed by atoms with Crippen LogP contribution in [-0.2, 0) is 14.3 Å². The van der Waals surface area contributed by atoms with E-state index in [2.05, 4.69) is 26.1 Å². The maximum Gasteiger partial charge on any atom is 0.344 e. The zero-order valence-corrected chi connectivity index (χ0v) is 19.3. The van der Waals surface area contributed by atoms with E-state index in [4.69, 9.17) is 14.2 Å². The summed E-state index contributed by atoms with van der Waals surface area (Å²) in [5.74, 6) is 0.303. The summed E-state index contributed by atoms with van der Waals surface area (Å²) < 4.78 is 15.6. The average Bonchev–Trinajstić information content (AvgIpc) is 2.76. The molecule has 0 heterocycles. The number of Topliss-reactive ketones (excluding diaryl/α,β-unsaturated/α-hetero) is 1. The van der Waals surface area contributed by atoms with Gasteiger partial charge in [0, 0.05) is 11.6 Å². The van der Waals surface area contributed by atoms with E-state index in [9.17, 15) is 14.4 Å². The molecule has 1 amide bonds. The van der Waals surface area contributed by atoms with Gasteiger partial charge in [0.1, 0.15) is 0 Å². The second-order valence-electron chi connectivity index (χ2n) is 8.83. The molecule has 1 saturated carbocycles. The number of amides is 1. The third-order valence-corrected chi connectivity index (χ3v) is 6.39. The summed E-state index contributed by atoms with van der Waals surface area (Å²) in [5.41, 5.74) is 0.815. The Labute approximate surface area is 184 Å². The highest BCUT2D eigenvalue weighted by Crippen LogP contribution is 2.40. The van der Waals surface area contributed by atoms with Gasteiger partial charge in [-0.15, -0.1) is 0 Å². The molecule has 7 heteroatoms. The number of ether oxygens (including phenoxy) is 3. The number of ketones is 1. The van der Waals surface area contributed by atoms with Crippen molar-refractivity contribution in [3.63, 3.8) is 0 Å². The highest BCUT2D eigenvalue weighted by molar-refractivity contribution is 5.94. The quantitative estimate of drug-likeness (QED) is 0.444. The number of carbonyl (C=O) groups excluding carboxylic acids is 3. The average molecular weight is 434 g/mol. The number of carbonyl (C=O) groups is 3. The Balaban J connectivity index is 1.72. The fraction of sp³-hybridized carbons (Fsp3) is 0.625. The van der Waals surface area contributed by atoms with Gasteiger partial charge in [0.25, 0.3) is 5.91 Å². The summed E-state index contributed by atoms with van der Waals surface area (Å²) in [4.78, 5) is 35.5. The first-order valence-corrected chi connectivity index (χ1v) is 10.9. The van der Waals surface area contributed by atoms with Crippen molar-refractivity contribution >= 4 is 17.7 Å². The number of esters is 1. The number of hydrogen-bond acceptors (Lipinski definition) is 6. The third-order valence-electron chi connectivity index (χ3n) is 6.39. The van der Waals surface area contributed by atoms with Crippen LogP contribution in [0.3, 0.4) is 0 Å². The zero-order chi connectivity index (χ0) is 23.0.